The Morgan fingerprint density at radius 2 is 2.12 bits per heavy atom. The maximum Gasteiger partial charge on any atom is 0.306 e. The average molecular weight is 221 g/mol. The van der Waals surface area contributed by atoms with Crippen molar-refractivity contribution in [1.29, 1.82) is 0 Å². The zero-order valence-electron chi connectivity index (χ0n) is 9.13. The number of hydrogen-bond donors (Lipinski definition) is 2. The highest BCUT2D eigenvalue weighted by Crippen LogP contribution is 2.12. The summed E-state index contributed by atoms with van der Waals surface area (Å²) in [5.41, 5.74) is 6.20. The molecule has 0 saturated carbocycles. The lowest BCUT2D eigenvalue weighted by atomic mass is 9.82. The Hall–Kier alpha value is -1.33. The zero-order chi connectivity index (χ0) is 11.8. The SMILES string of the molecule is NCOBCC(Cc1ccccc1)C(=O)O. The minimum absolute atomic E-state index is 0.137. The number of rotatable bonds is 7. The van der Waals surface area contributed by atoms with Crippen LogP contribution in [-0.2, 0) is 15.9 Å². The van der Waals surface area contributed by atoms with E-state index in [-0.39, 0.29) is 6.73 Å². The Morgan fingerprint density at radius 3 is 2.69 bits per heavy atom. The van der Waals surface area contributed by atoms with Crippen molar-refractivity contribution in [3.05, 3.63) is 35.9 Å². The molecule has 1 rings (SSSR count). The molecule has 0 aliphatic heterocycles. The lowest BCUT2D eigenvalue weighted by Crippen LogP contribution is -2.20. The molecular weight excluding hydrogens is 205 g/mol. The van der Waals surface area contributed by atoms with Gasteiger partial charge in [0.2, 0.25) is 0 Å². The van der Waals surface area contributed by atoms with Crippen LogP contribution in [0.1, 0.15) is 5.56 Å². The van der Waals surface area contributed by atoms with E-state index in [2.05, 4.69) is 0 Å². The van der Waals surface area contributed by atoms with E-state index >= 15 is 0 Å². The first kappa shape index (κ1) is 12.7. The van der Waals surface area contributed by atoms with Gasteiger partial charge in [0.25, 0.3) is 7.48 Å². The highest BCUT2D eigenvalue weighted by Gasteiger charge is 2.18. The van der Waals surface area contributed by atoms with Crippen LogP contribution in [0, 0.1) is 5.92 Å². The molecule has 1 aromatic rings. The molecule has 16 heavy (non-hydrogen) atoms. The topological polar surface area (TPSA) is 72.5 Å². The summed E-state index contributed by atoms with van der Waals surface area (Å²) in [5, 5.41) is 9.05. The number of nitrogens with two attached hydrogens (primary N) is 1. The Bertz CT molecular complexity index is 318. The Labute approximate surface area is 95.7 Å². The van der Waals surface area contributed by atoms with Crippen LogP contribution in [0.4, 0.5) is 0 Å². The number of carbonyl (C=O) groups is 1. The van der Waals surface area contributed by atoms with Crippen LogP contribution in [0.2, 0.25) is 6.32 Å². The summed E-state index contributed by atoms with van der Waals surface area (Å²) in [6.45, 7) is 0.137. The van der Waals surface area contributed by atoms with Crippen molar-refractivity contribution in [1.82, 2.24) is 0 Å². The number of carboxylic acids is 1. The van der Waals surface area contributed by atoms with Crippen LogP contribution in [0.25, 0.3) is 0 Å². The molecule has 0 saturated heterocycles. The van der Waals surface area contributed by atoms with Crippen LogP contribution in [0.15, 0.2) is 30.3 Å². The third-order valence-corrected chi connectivity index (χ3v) is 2.40. The Morgan fingerprint density at radius 1 is 1.44 bits per heavy atom. The molecule has 4 nitrogen and oxygen atoms in total. The van der Waals surface area contributed by atoms with E-state index in [1.807, 2.05) is 30.3 Å². The van der Waals surface area contributed by atoms with Gasteiger partial charge in [-0.05, 0) is 18.3 Å². The first-order valence-corrected chi connectivity index (χ1v) is 5.28. The molecule has 3 N–H and O–H groups in total. The van der Waals surface area contributed by atoms with Crippen LogP contribution >= 0.6 is 0 Å². The van der Waals surface area contributed by atoms with Gasteiger partial charge in [-0.3, -0.25) is 4.79 Å². The second kappa shape index (κ2) is 7.03. The maximum atomic E-state index is 11.0. The van der Waals surface area contributed by atoms with Crippen LogP contribution < -0.4 is 5.73 Å². The molecule has 1 atom stereocenters. The normalized spacial score (nSPS) is 12.1. The molecule has 0 bridgehead atoms. The third-order valence-electron chi connectivity index (χ3n) is 2.40. The van der Waals surface area contributed by atoms with Gasteiger partial charge in [-0.15, -0.1) is 0 Å². The summed E-state index contributed by atoms with van der Waals surface area (Å²) in [6.07, 6.45) is 1.02. The number of benzene rings is 1. The minimum Gasteiger partial charge on any atom is -0.481 e. The number of aliphatic carboxylic acids is 1. The van der Waals surface area contributed by atoms with Crippen LogP contribution in [0.3, 0.4) is 0 Å². The largest absolute Gasteiger partial charge is 0.481 e. The summed E-state index contributed by atoms with van der Waals surface area (Å²) in [7, 11) is 0.389. The molecule has 0 aromatic heterocycles. The van der Waals surface area contributed by atoms with Gasteiger partial charge in [0.1, 0.15) is 0 Å². The second-order valence-corrected chi connectivity index (χ2v) is 3.59. The third kappa shape index (κ3) is 4.46. The molecule has 0 amide bonds. The molecule has 5 heteroatoms. The quantitative estimate of drug-likeness (QED) is 0.402. The van der Waals surface area contributed by atoms with E-state index in [1.165, 1.54) is 0 Å². The van der Waals surface area contributed by atoms with Crippen molar-refractivity contribution in [3.63, 3.8) is 0 Å². The smallest absolute Gasteiger partial charge is 0.306 e. The van der Waals surface area contributed by atoms with Gasteiger partial charge in [0.05, 0.1) is 12.6 Å². The highest BCUT2D eigenvalue weighted by molar-refractivity contribution is 6.27. The second-order valence-electron chi connectivity index (χ2n) is 3.59. The number of hydrogen-bond acceptors (Lipinski definition) is 3. The maximum absolute atomic E-state index is 11.0. The fourth-order valence-corrected chi connectivity index (χ4v) is 1.52. The highest BCUT2D eigenvalue weighted by atomic mass is 16.4. The summed E-state index contributed by atoms with van der Waals surface area (Å²) >= 11 is 0. The van der Waals surface area contributed by atoms with E-state index < -0.39 is 11.9 Å². The van der Waals surface area contributed by atoms with Gasteiger partial charge in [0.15, 0.2) is 0 Å². The lowest BCUT2D eigenvalue weighted by molar-refractivity contribution is -0.141. The molecule has 0 radical (unpaired) electrons. The predicted molar refractivity (Wildman–Crippen MR) is 63.4 cm³/mol. The first-order valence-electron chi connectivity index (χ1n) is 5.28. The van der Waals surface area contributed by atoms with E-state index in [4.69, 9.17) is 15.5 Å². The molecule has 0 aliphatic carbocycles. The van der Waals surface area contributed by atoms with E-state index in [0.717, 1.165) is 5.56 Å². The van der Waals surface area contributed by atoms with Gasteiger partial charge in [0, 0.05) is 0 Å². The number of carboxylic acid groups (broad SMARTS) is 1. The fraction of sp³-hybridized carbons (Fsp3) is 0.364. The summed E-state index contributed by atoms with van der Waals surface area (Å²) in [4.78, 5) is 11.0. The van der Waals surface area contributed by atoms with Gasteiger partial charge < -0.3 is 15.5 Å². The van der Waals surface area contributed by atoms with Crippen LogP contribution in [0.5, 0.6) is 0 Å². The molecular formula is C11H16BNO3. The van der Waals surface area contributed by atoms with E-state index in [0.29, 0.717) is 20.2 Å². The van der Waals surface area contributed by atoms with Crippen molar-refractivity contribution in [2.75, 3.05) is 6.73 Å². The van der Waals surface area contributed by atoms with Gasteiger partial charge in [-0.25, -0.2) is 0 Å². The van der Waals surface area contributed by atoms with E-state index in [1.54, 1.807) is 0 Å². The van der Waals surface area contributed by atoms with Crippen molar-refractivity contribution in [2.45, 2.75) is 12.7 Å². The molecule has 1 aromatic carbocycles. The molecule has 0 fully saturated rings. The Kier molecular flexibility index (Phi) is 5.60. The molecule has 0 spiro atoms. The van der Waals surface area contributed by atoms with Crippen LogP contribution in [-0.4, -0.2) is 25.3 Å². The standard InChI is InChI=1S/C11H16BNO3/c13-8-16-12-7-10(11(14)15)6-9-4-2-1-3-5-9/h1-5,10,12H,6-8,13H2,(H,14,15). The van der Waals surface area contributed by atoms with Gasteiger partial charge >= 0.3 is 5.97 Å². The van der Waals surface area contributed by atoms with E-state index in [9.17, 15) is 4.79 Å². The molecule has 86 valence electrons. The molecule has 0 heterocycles. The summed E-state index contributed by atoms with van der Waals surface area (Å²) in [5.74, 6) is -1.20. The summed E-state index contributed by atoms with van der Waals surface area (Å²) in [6, 6.07) is 9.59. The lowest BCUT2D eigenvalue weighted by Gasteiger charge is -2.11. The fourth-order valence-electron chi connectivity index (χ4n) is 1.52. The predicted octanol–water partition coefficient (Wildman–Crippen LogP) is 0.632. The van der Waals surface area contributed by atoms with Gasteiger partial charge in [-0.1, -0.05) is 30.3 Å². The zero-order valence-corrected chi connectivity index (χ0v) is 9.13. The molecule has 1 unspecified atom stereocenters. The average Bonchev–Trinajstić information content (AvgIpc) is 2.29. The van der Waals surface area contributed by atoms with Gasteiger partial charge in [-0.2, -0.15) is 0 Å². The first-order chi connectivity index (χ1) is 7.74. The van der Waals surface area contributed by atoms with Crippen molar-refractivity contribution < 1.29 is 14.6 Å². The molecule has 0 aliphatic rings. The van der Waals surface area contributed by atoms with Crippen molar-refractivity contribution in [3.8, 4) is 0 Å². The monoisotopic (exact) mass is 221 g/mol. The van der Waals surface area contributed by atoms with Crippen molar-refractivity contribution >= 4 is 13.5 Å². The summed E-state index contributed by atoms with van der Waals surface area (Å²) < 4.78 is 4.97. The Balaban J connectivity index is 2.48. The minimum atomic E-state index is -0.788. The van der Waals surface area contributed by atoms with Crippen molar-refractivity contribution in [2.24, 2.45) is 11.7 Å².